The summed E-state index contributed by atoms with van der Waals surface area (Å²) in [6.07, 6.45) is 3.39. The molecular weight excluding hydrogens is 284 g/mol. The number of likely N-dealkylation sites (tertiary alicyclic amines) is 1. The predicted octanol–water partition coefficient (Wildman–Crippen LogP) is 2.42. The fourth-order valence-electron chi connectivity index (χ4n) is 2.66. The third-order valence-corrected chi connectivity index (χ3v) is 3.79. The first-order chi connectivity index (χ1) is 10.7. The van der Waals surface area contributed by atoms with Crippen molar-refractivity contribution in [3.8, 4) is 11.5 Å². The van der Waals surface area contributed by atoms with Crippen LogP contribution in [0.15, 0.2) is 41.0 Å². The van der Waals surface area contributed by atoms with Crippen LogP contribution in [0.2, 0.25) is 0 Å². The van der Waals surface area contributed by atoms with Gasteiger partial charge in [0.15, 0.2) is 5.69 Å². The molecule has 1 unspecified atom stereocenters. The number of aromatic nitrogens is 1. The first kappa shape index (κ1) is 14.3. The highest BCUT2D eigenvalue weighted by atomic mass is 16.4. The number of carbonyl (C=O) groups is 2. The topological polar surface area (TPSA) is 83.6 Å². The number of oxazole rings is 1. The molecule has 1 aliphatic rings. The third-order valence-electron chi connectivity index (χ3n) is 3.79. The Morgan fingerprint density at radius 1 is 1.23 bits per heavy atom. The Kier molecular flexibility index (Phi) is 3.91. The molecule has 3 rings (SSSR count). The molecule has 1 atom stereocenters. The van der Waals surface area contributed by atoms with Gasteiger partial charge in [-0.1, -0.05) is 18.2 Å². The quantitative estimate of drug-likeness (QED) is 0.941. The summed E-state index contributed by atoms with van der Waals surface area (Å²) in [4.78, 5) is 29.4. The number of nitrogens with zero attached hydrogens (tertiary/aromatic N) is 2. The third kappa shape index (κ3) is 2.72. The molecule has 2 heterocycles. The molecule has 6 nitrogen and oxygen atoms in total. The summed E-state index contributed by atoms with van der Waals surface area (Å²) in [5.41, 5.74) is 0.919. The number of carboxylic acid groups (broad SMARTS) is 1. The number of carbonyl (C=O) groups excluding carboxylic acids is 1. The Balaban J connectivity index is 1.83. The highest BCUT2D eigenvalue weighted by Crippen LogP contribution is 2.22. The van der Waals surface area contributed by atoms with Crippen molar-refractivity contribution in [2.75, 3.05) is 6.54 Å². The summed E-state index contributed by atoms with van der Waals surface area (Å²) in [7, 11) is 0. The van der Waals surface area contributed by atoms with Crippen molar-refractivity contribution in [2.24, 2.45) is 0 Å². The van der Waals surface area contributed by atoms with Gasteiger partial charge in [0.1, 0.15) is 12.3 Å². The number of carboxylic acids is 1. The second kappa shape index (κ2) is 6.01. The summed E-state index contributed by atoms with van der Waals surface area (Å²) >= 11 is 0. The Hall–Kier alpha value is -2.63. The lowest BCUT2D eigenvalue weighted by Gasteiger charge is -2.32. The number of amides is 1. The molecule has 1 aromatic heterocycles. The molecule has 1 aliphatic heterocycles. The van der Waals surface area contributed by atoms with Crippen molar-refractivity contribution in [2.45, 2.75) is 25.3 Å². The van der Waals surface area contributed by atoms with Crippen LogP contribution in [0, 0.1) is 0 Å². The molecule has 6 heteroatoms. The van der Waals surface area contributed by atoms with Crippen LogP contribution in [0.5, 0.6) is 0 Å². The van der Waals surface area contributed by atoms with Gasteiger partial charge in [-0.3, -0.25) is 4.79 Å². The van der Waals surface area contributed by atoms with Crippen molar-refractivity contribution < 1.29 is 19.1 Å². The van der Waals surface area contributed by atoms with Crippen LogP contribution in [-0.2, 0) is 4.79 Å². The molecule has 0 bridgehead atoms. The first-order valence-electron chi connectivity index (χ1n) is 7.21. The fourth-order valence-corrected chi connectivity index (χ4v) is 2.66. The largest absolute Gasteiger partial charge is 0.480 e. The van der Waals surface area contributed by atoms with Gasteiger partial charge in [-0.05, 0) is 31.4 Å². The van der Waals surface area contributed by atoms with Crippen molar-refractivity contribution >= 4 is 11.9 Å². The standard InChI is InChI=1S/C16H16N2O4/c19-15(18-9-5-4-8-13(18)16(20)21)12-10-22-14(17-12)11-6-2-1-3-7-11/h1-3,6-7,10,13H,4-5,8-9H2,(H,20,21). The highest BCUT2D eigenvalue weighted by molar-refractivity contribution is 5.95. The monoisotopic (exact) mass is 300 g/mol. The van der Waals surface area contributed by atoms with E-state index >= 15 is 0 Å². The van der Waals surface area contributed by atoms with Gasteiger partial charge in [0.05, 0.1) is 0 Å². The van der Waals surface area contributed by atoms with Gasteiger partial charge < -0.3 is 14.4 Å². The summed E-state index contributed by atoms with van der Waals surface area (Å²) in [5.74, 6) is -1.01. The number of hydrogen-bond donors (Lipinski definition) is 1. The number of rotatable bonds is 3. The van der Waals surface area contributed by atoms with E-state index in [2.05, 4.69) is 4.98 Å². The van der Waals surface area contributed by atoms with Crippen molar-refractivity contribution in [1.82, 2.24) is 9.88 Å². The second-order valence-corrected chi connectivity index (χ2v) is 5.25. The Bertz CT molecular complexity index is 680. The molecule has 0 spiro atoms. The van der Waals surface area contributed by atoms with Crippen molar-refractivity contribution in [3.05, 3.63) is 42.3 Å². The zero-order valence-electron chi connectivity index (χ0n) is 11.9. The Morgan fingerprint density at radius 3 is 2.73 bits per heavy atom. The van der Waals surface area contributed by atoms with Crippen LogP contribution in [0.25, 0.3) is 11.5 Å². The van der Waals surface area contributed by atoms with Crippen LogP contribution in [0.4, 0.5) is 0 Å². The Morgan fingerprint density at radius 2 is 2.00 bits per heavy atom. The summed E-state index contributed by atoms with van der Waals surface area (Å²) in [5, 5.41) is 9.25. The van der Waals surface area contributed by atoms with Crippen molar-refractivity contribution in [1.29, 1.82) is 0 Å². The molecule has 1 N–H and O–H groups in total. The fraction of sp³-hybridized carbons (Fsp3) is 0.312. The average Bonchev–Trinajstić information content (AvgIpc) is 3.05. The lowest BCUT2D eigenvalue weighted by Crippen LogP contribution is -2.48. The second-order valence-electron chi connectivity index (χ2n) is 5.25. The van der Waals surface area contributed by atoms with Gasteiger partial charge in [0.2, 0.25) is 5.89 Å². The van der Waals surface area contributed by atoms with Crippen LogP contribution in [-0.4, -0.2) is 39.5 Å². The van der Waals surface area contributed by atoms with E-state index in [0.717, 1.165) is 18.4 Å². The minimum Gasteiger partial charge on any atom is -0.480 e. The molecule has 0 radical (unpaired) electrons. The normalized spacial score (nSPS) is 18.2. The summed E-state index contributed by atoms with van der Waals surface area (Å²) in [6.45, 7) is 0.434. The maximum atomic E-state index is 12.5. The summed E-state index contributed by atoms with van der Waals surface area (Å²) in [6, 6.07) is 8.47. The molecule has 22 heavy (non-hydrogen) atoms. The molecule has 2 aromatic rings. The van der Waals surface area contributed by atoms with E-state index in [1.54, 1.807) is 0 Å². The lowest BCUT2D eigenvalue weighted by atomic mass is 10.0. The van der Waals surface area contributed by atoms with E-state index in [1.165, 1.54) is 11.2 Å². The number of piperidine rings is 1. The van der Waals surface area contributed by atoms with E-state index in [9.17, 15) is 14.7 Å². The van der Waals surface area contributed by atoms with E-state index in [0.29, 0.717) is 18.9 Å². The van der Waals surface area contributed by atoms with Gasteiger partial charge in [0.25, 0.3) is 5.91 Å². The molecule has 1 amide bonds. The molecule has 1 aromatic carbocycles. The highest BCUT2D eigenvalue weighted by Gasteiger charge is 2.33. The molecule has 0 aliphatic carbocycles. The zero-order valence-corrected chi connectivity index (χ0v) is 11.9. The maximum absolute atomic E-state index is 12.5. The predicted molar refractivity (Wildman–Crippen MR) is 78.3 cm³/mol. The minimum atomic E-state index is -0.972. The molecule has 1 saturated heterocycles. The van der Waals surface area contributed by atoms with Gasteiger partial charge in [-0.2, -0.15) is 0 Å². The smallest absolute Gasteiger partial charge is 0.326 e. The van der Waals surface area contributed by atoms with Crippen molar-refractivity contribution in [3.63, 3.8) is 0 Å². The van der Waals surface area contributed by atoms with Crippen LogP contribution in [0.1, 0.15) is 29.8 Å². The maximum Gasteiger partial charge on any atom is 0.326 e. The molecule has 0 saturated carbocycles. The molecular formula is C16H16N2O4. The van der Waals surface area contributed by atoms with E-state index in [1.807, 2.05) is 30.3 Å². The SMILES string of the molecule is O=C(O)C1CCCCN1C(=O)c1coc(-c2ccccc2)n1. The number of benzene rings is 1. The molecule has 114 valence electrons. The average molecular weight is 300 g/mol. The molecule has 1 fully saturated rings. The van der Waals surface area contributed by atoms with Crippen LogP contribution < -0.4 is 0 Å². The minimum absolute atomic E-state index is 0.145. The van der Waals surface area contributed by atoms with Crippen LogP contribution >= 0.6 is 0 Å². The van der Waals surface area contributed by atoms with Gasteiger partial charge in [0, 0.05) is 12.1 Å². The van der Waals surface area contributed by atoms with E-state index < -0.39 is 17.9 Å². The zero-order chi connectivity index (χ0) is 15.5. The van der Waals surface area contributed by atoms with Gasteiger partial charge in [-0.15, -0.1) is 0 Å². The lowest BCUT2D eigenvalue weighted by molar-refractivity contribution is -0.143. The number of hydrogen-bond acceptors (Lipinski definition) is 4. The summed E-state index contributed by atoms with van der Waals surface area (Å²) < 4.78 is 5.35. The Labute approximate surface area is 127 Å². The van der Waals surface area contributed by atoms with Gasteiger partial charge in [-0.25, -0.2) is 9.78 Å². The van der Waals surface area contributed by atoms with E-state index in [-0.39, 0.29) is 5.69 Å². The first-order valence-corrected chi connectivity index (χ1v) is 7.21. The van der Waals surface area contributed by atoms with Crippen LogP contribution in [0.3, 0.4) is 0 Å². The van der Waals surface area contributed by atoms with Gasteiger partial charge >= 0.3 is 5.97 Å². The van der Waals surface area contributed by atoms with E-state index in [4.69, 9.17) is 4.42 Å². The number of aliphatic carboxylic acids is 1.